The molecule has 0 aliphatic carbocycles. The lowest BCUT2D eigenvalue weighted by molar-refractivity contribution is -0.140. The summed E-state index contributed by atoms with van der Waals surface area (Å²) >= 11 is 0. The standard InChI is InChI=1S/C20H28N2O6S/c1-15-5-3-6-16(2)22(15)19(23)14-28-20(24)17-7-4-8-18(13-17)29(25,26)21-9-11-27-12-10-21/h4,7-8,13,15-16H,3,5-6,9-12,14H2,1-2H3/t15-,16-/m1/s1. The van der Waals surface area contributed by atoms with Gasteiger partial charge in [-0.1, -0.05) is 6.07 Å². The van der Waals surface area contributed by atoms with Crippen molar-refractivity contribution in [1.29, 1.82) is 0 Å². The van der Waals surface area contributed by atoms with Crippen LogP contribution in [0.15, 0.2) is 29.2 Å². The van der Waals surface area contributed by atoms with E-state index in [2.05, 4.69) is 0 Å². The fourth-order valence-corrected chi connectivity index (χ4v) is 5.37. The van der Waals surface area contributed by atoms with Crippen molar-refractivity contribution in [3.8, 4) is 0 Å². The number of nitrogens with zero attached hydrogens (tertiary/aromatic N) is 2. The maximum atomic E-state index is 12.8. The quantitative estimate of drug-likeness (QED) is 0.668. The molecule has 2 atom stereocenters. The van der Waals surface area contributed by atoms with Crippen LogP contribution in [0.4, 0.5) is 0 Å². The van der Waals surface area contributed by atoms with E-state index in [-0.39, 0.29) is 48.1 Å². The van der Waals surface area contributed by atoms with Crippen molar-refractivity contribution in [3.05, 3.63) is 29.8 Å². The molecule has 0 spiro atoms. The van der Waals surface area contributed by atoms with Crippen LogP contribution in [0.25, 0.3) is 0 Å². The molecule has 2 aliphatic heterocycles. The van der Waals surface area contributed by atoms with E-state index in [4.69, 9.17) is 9.47 Å². The van der Waals surface area contributed by atoms with Gasteiger partial charge in [0, 0.05) is 25.2 Å². The Kier molecular flexibility index (Phi) is 6.92. The molecule has 29 heavy (non-hydrogen) atoms. The minimum absolute atomic E-state index is 0.0263. The minimum Gasteiger partial charge on any atom is -0.452 e. The highest BCUT2D eigenvalue weighted by molar-refractivity contribution is 7.89. The molecule has 8 nitrogen and oxygen atoms in total. The Morgan fingerprint density at radius 3 is 2.45 bits per heavy atom. The van der Waals surface area contributed by atoms with E-state index in [0.29, 0.717) is 13.2 Å². The van der Waals surface area contributed by atoms with Crippen LogP contribution in [0.3, 0.4) is 0 Å². The fourth-order valence-electron chi connectivity index (χ4n) is 3.92. The highest BCUT2D eigenvalue weighted by Crippen LogP contribution is 2.23. The van der Waals surface area contributed by atoms with E-state index >= 15 is 0 Å². The van der Waals surface area contributed by atoms with E-state index in [1.165, 1.54) is 28.6 Å². The molecule has 0 N–H and O–H groups in total. The number of hydrogen-bond acceptors (Lipinski definition) is 6. The summed E-state index contributed by atoms with van der Waals surface area (Å²) in [6.45, 7) is 4.88. The summed E-state index contributed by atoms with van der Waals surface area (Å²) < 4.78 is 37.3. The number of benzene rings is 1. The van der Waals surface area contributed by atoms with Gasteiger partial charge in [-0.05, 0) is 51.3 Å². The van der Waals surface area contributed by atoms with Crippen LogP contribution in [-0.2, 0) is 24.3 Å². The van der Waals surface area contributed by atoms with Crippen LogP contribution in [0.5, 0.6) is 0 Å². The molecular weight excluding hydrogens is 396 g/mol. The number of carbonyl (C=O) groups excluding carboxylic acids is 2. The molecule has 1 aromatic carbocycles. The molecule has 2 fully saturated rings. The van der Waals surface area contributed by atoms with Gasteiger partial charge in [0.25, 0.3) is 5.91 Å². The van der Waals surface area contributed by atoms with Gasteiger partial charge < -0.3 is 14.4 Å². The lowest BCUT2D eigenvalue weighted by Gasteiger charge is -2.38. The molecule has 0 radical (unpaired) electrons. The zero-order valence-electron chi connectivity index (χ0n) is 16.9. The number of morpholine rings is 1. The van der Waals surface area contributed by atoms with Crippen LogP contribution in [0, 0.1) is 0 Å². The van der Waals surface area contributed by atoms with E-state index in [1.807, 2.05) is 13.8 Å². The highest BCUT2D eigenvalue weighted by atomic mass is 32.2. The number of rotatable bonds is 5. The lowest BCUT2D eigenvalue weighted by Crippen LogP contribution is -2.49. The van der Waals surface area contributed by atoms with Gasteiger partial charge in [-0.3, -0.25) is 4.79 Å². The third kappa shape index (κ3) is 4.96. The predicted octanol–water partition coefficient (Wildman–Crippen LogP) is 1.65. The van der Waals surface area contributed by atoms with Crippen LogP contribution in [-0.4, -0.2) is 74.5 Å². The van der Waals surface area contributed by atoms with Crippen molar-refractivity contribution in [1.82, 2.24) is 9.21 Å². The normalized spacial score (nSPS) is 23.6. The van der Waals surface area contributed by atoms with Gasteiger partial charge in [0.2, 0.25) is 10.0 Å². The van der Waals surface area contributed by atoms with E-state index in [9.17, 15) is 18.0 Å². The average molecular weight is 425 g/mol. The van der Waals surface area contributed by atoms with E-state index in [0.717, 1.165) is 19.3 Å². The molecule has 160 valence electrons. The fraction of sp³-hybridized carbons (Fsp3) is 0.600. The van der Waals surface area contributed by atoms with Crippen molar-refractivity contribution in [2.24, 2.45) is 0 Å². The van der Waals surface area contributed by atoms with Crippen LogP contribution >= 0.6 is 0 Å². The molecule has 2 saturated heterocycles. The first-order valence-electron chi connectivity index (χ1n) is 9.97. The Morgan fingerprint density at radius 1 is 1.14 bits per heavy atom. The SMILES string of the molecule is C[C@@H]1CCC[C@@H](C)N1C(=O)COC(=O)c1cccc(S(=O)(=O)N2CCOCC2)c1. The lowest BCUT2D eigenvalue weighted by atomic mass is 9.97. The maximum absolute atomic E-state index is 12.8. The second-order valence-electron chi connectivity index (χ2n) is 7.55. The molecule has 1 amide bonds. The average Bonchev–Trinajstić information content (AvgIpc) is 2.72. The summed E-state index contributed by atoms with van der Waals surface area (Å²) in [5, 5.41) is 0. The van der Waals surface area contributed by atoms with Gasteiger partial charge >= 0.3 is 5.97 Å². The molecule has 0 aromatic heterocycles. The first-order chi connectivity index (χ1) is 13.8. The second kappa shape index (κ2) is 9.23. The molecule has 0 saturated carbocycles. The number of carbonyl (C=O) groups is 2. The maximum Gasteiger partial charge on any atom is 0.338 e. The third-order valence-corrected chi connectivity index (χ3v) is 7.38. The number of sulfonamides is 1. The molecule has 1 aromatic rings. The Balaban J connectivity index is 1.65. The van der Waals surface area contributed by atoms with Crippen LogP contribution in [0.1, 0.15) is 43.5 Å². The topological polar surface area (TPSA) is 93.2 Å². The molecular formula is C20H28N2O6S. The third-order valence-electron chi connectivity index (χ3n) is 5.49. The number of amides is 1. The van der Waals surface area contributed by atoms with E-state index in [1.54, 1.807) is 4.90 Å². The van der Waals surface area contributed by atoms with Crippen molar-refractivity contribution < 1.29 is 27.5 Å². The van der Waals surface area contributed by atoms with Crippen molar-refractivity contribution in [2.45, 2.75) is 50.1 Å². The molecule has 9 heteroatoms. The predicted molar refractivity (Wildman–Crippen MR) is 106 cm³/mol. The Bertz CT molecular complexity index is 840. The Morgan fingerprint density at radius 2 is 1.79 bits per heavy atom. The first kappa shape index (κ1) is 21.7. The molecule has 2 aliphatic rings. The first-order valence-corrected chi connectivity index (χ1v) is 11.4. The summed E-state index contributed by atoms with van der Waals surface area (Å²) in [5.41, 5.74) is 0.104. The van der Waals surface area contributed by atoms with Gasteiger partial charge in [0.15, 0.2) is 6.61 Å². The minimum atomic E-state index is -3.71. The molecule has 0 bridgehead atoms. The number of esters is 1. The Hall–Kier alpha value is -1.97. The van der Waals surface area contributed by atoms with E-state index < -0.39 is 16.0 Å². The number of ether oxygens (including phenoxy) is 2. The molecule has 2 heterocycles. The summed E-state index contributed by atoms with van der Waals surface area (Å²) in [5.74, 6) is -0.940. The van der Waals surface area contributed by atoms with Gasteiger partial charge in [-0.15, -0.1) is 0 Å². The van der Waals surface area contributed by atoms with Crippen molar-refractivity contribution >= 4 is 21.9 Å². The number of likely N-dealkylation sites (tertiary alicyclic amines) is 1. The van der Waals surface area contributed by atoms with Crippen molar-refractivity contribution in [3.63, 3.8) is 0 Å². The van der Waals surface area contributed by atoms with Gasteiger partial charge in [-0.25, -0.2) is 13.2 Å². The second-order valence-corrected chi connectivity index (χ2v) is 9.49. The highest BCUT2D eigenvalue weighted by Gasteiger charge is 2.30. The van der Waals surface area contributed by atoms with Gasteiger partial charge in [-0.2, -0.15) is 4.31 Å². The van der Waals surface area contributed by atoms with Crippen LogP contribution < -0.4 is 0 Å². The molecule has 3 rings (SSSR count). The summed E-state index contributed by atoms with van der Waals surface area (Å²) in [7, 11) is -3.71. The van der Waals surface area contributed by atoms with Crippen molar-refractivity contribution in [2.75, 3.05) is 32.9 Å². The van der Waals surface area contributed by atoms with Crippen LogP contribution in [0.2, 0.25) is 0 Å². The van der Waals surface area contributed by atoms with Gasteiger partial charge in [0.05, 0.1) is 23.7 Å². The largest absolute Gasteiger partial charge is 0.452 e. The Labute approximate surface area is 171 Å². The van der Waals surface area contributed by atoms with Gasteiger partial charge in [0.1, 0.15) is 0 Å². The summed E-state index contributed by atoms with van der Waals surface area (Å²) in [4.78, 5) is 26.8. The monoisotopic (exact) mass is 424 g/mol. The zero-order valence-corrected chi connectivity index (χ0v) is 17.7. The smallest absolute Gasteiger partial charge is 0.338 e. The summed E-state index contributed by atoms with van der Waals surface area (Å²) in [6, 6.07) is 5.96. The zero-order chi connectivity index (χ0) is 21.0. The number of piperidine rings is 1. The molecule has 0 unspecified atom stereocenters. The summed E-state index contributed by atoms with van der Waals surface area (Å²) in [6.07, 6.45) is 2.95. The number of hydrogen-bond donors (Lipinski definition) is 0.